The fourth-order valence-electron chi connectivity index (χ4n) is 3.51. The standard InChI is InChI=1S/C21H33N3O2/c1-3-13-24(14-4-2)21(26)17-9-8-12-19(15-17)22-16-20(25)23-18-10-6-5-7-11-18/h8-9,12,15,18,22H,3-7,10-11,13-14,16H2,1-2H3,(H,23,25). The molecule has 0 heterocycles. The molecule has 0 aliphatic heterocycles. The van der Waals surface area contributed by atoms with E-state index in [1.165, 1.54) is 19.3 Å². The highest BCUT2D eigenvalue weighted by Crippen LogP contribution is 2.17. The number of nitrogens with zero attached hydrogens (tertiary/aromatic N) is 1. The number of anilines is 1. The highest BCUT2D eigenvalue weighted by molar-refractivity contribution is 5.95. The minimum Gasteiger partial charge on any atom is -0.376 e. The molecule has 0 spiro atoms. The lowest BCUT2D eigenvalue weighted by atomic mass is 9.95. The van der Waals surface area contributed by atoms with Crippen LogP contribution in [0.4, 0.5) is 5.69 Å². The molecule has 2 N–H and O–H groups in total. The van der Waals surface area contributed by atoms with E-state index in [1.54, 1.807) is 0 Å². The average molecular weight is 360 g/mol. The molecule has 0 unspecified atom stereocenters. The molecule has 5 nitrogen and oxygen atoms in total. The average Bonchev–Trinajstić information content (AvgIpc) is 2.67. The van der Waals surface area contributed by atoms with E-state index in [0.29, 0.717) is 11.6 Å². The van der Waals surface area contributed by atoms with Crippen LogP contribution in [0.1, 0.15) is 69.2 Å². The van der Waals surface area contributed by atoms with Crippen molar-refractivity contribution in [1.29, 1.82) is 0 Å². The number of carbonyl (C=O) groups excluding carboxylic acids is 2. The van der Waals surface area contributed by atoms with E-state index >= 15 is 0 Å². The molecule has 1 saturated carbocycles. The second-order valence-electron chi connectivity index (χ2n) is 7.13. The van der Waals surface area contributed by atoms with Crippen LogP contribution in [-0.2, 0) is 4.79 Å². The number of hydrogen-bond donors (Lipinski definition) is 2. The Morgan fingerprint density at radius 2 is 1.77 bits per heavy atom. The quantitative estimate of drug-likeness (QED) is 0.705. The Kier molecular flexibility index (Phi) is 8.45. The second-order valence-corrected chi connectivity index (χ2v) is 7.13. The lowest BCUT2D eigenvalue weighted by Gasteiger charge is -2.23. The number of benzene rings is 1. The third-order valence-corrected chi connectivity index (χ3v) is 4.81. The normalized spacial score (nSPS) is 14.7. The van der Waals surface area contributed by atoms with Crippen LogP contribution in [0.15, 0.2) is 24.3 Å². The van der Waals surface area contributed by atoms with Crippen molar-refractivity contribution < 1.29 is 9.59 Å². The molecule has 26 heavy (non-hydrogen) atoms. The SMILES string of the molecule is CCCN(CCC)C(=O)c1cccc(NCC(=O)NC2CCCCC2)c1. The summed E-state index contributed by atoms with van der Waals surface area (Å²) in [5.41, 5.74) is 1.48. The number of carbonyl (C=O) groups is 2. The molecule has 0 atom stereocenters. The molecule has 1 aromatic carbocycles. The van der Waals surface area contributed by atoms with Gasteiger partial charge in [-0.25, -0.2) is 0 Å². The number of rotatable bonds is 9. The summed E-state index contributed by atoms with van der Waals surface area (Å²) in [4.78, 5) is 26.7. The van der Waals surface area contributed by atoms with Gasteiger partial charge in [0, 0.05) is 30.4 Å². The molecule has 2 amide bonds. The molecule has 0 saturated heterocycles. The smallest absolute Gasteiger partial charge is 0.253 e. The van der Waals surface area contributed by atoms with Crippen molar-refractivity contribution in [3.05, 3.63) is 29.8 Å². The van der Waals surface area contributed by atoms with Gasteiger partial charge >= 0.3 is 0 Å². The Labute approximate surface area is 157 Å². The molecular formula is C21H33N3O2. The fourth-order valence-corrected chi connectivity index (χ4v) is 3.51. The summed E-state index contributed by atoms with van der Waals surface area (Å²) in [6.07, 6.45) is 7.75. The first-order valence-corrected chi connectivity index (χ1v) is 10.1. The Hall–Kier alpha value is -2.04. The second kappa shape index (κ2) is 10.8. The van der Waals surface area contributed by atoms with E-state index in [2.05, 4.69) is 24.5 Å². The van der Waals surface area contributed by atoms with Crippen molar-refractivity contribution in [2.45, 2.75) is 64.8 Å². The van der Waals surface area contributed by atoms with Crippen LogP contribution in [0.2, 0.25) is 0 Å². The maximum atomic E-state index is 12.7. The lowest BCUT2D eigenvalue weighted by Crippen LogP contribution is -2.39. The first-order valence-electron chi connectivity index (χ1n) is 10.1. The maximum Gasteiger partial charge on any atom is 0.253 e. The predicted octanol–water partition coefficient (Wildman–Crippen LogP) is 3.81. The molecule has 0 aromatic heterocycles. The zero-order valence-corrected chi connectivity index (χ0v) is 16.2. The van der Waals surface area contributed by atoms with Gasteiger partial charge in [0.25, 0.3) is 5.91 Å². The molecule has 1 fully saturated rings. The molecule has 0 bridgehead atoms. The minimum atomic E-state index is 0.0206. The van der Waals surface area contributed by atoms with Crippen LogP contribution >= 0.6 is 0 Å². The fraction of sp³-hybridized carbons (Fsp3) is 0.619. The van der Waals surface area contributed by atoms with Crippen molar-refractivity contribution in [3.8, 4) is 0 Å². The van der Waals surface area contributed by atoms with E-state index < -0.39 is 0 Å². The van der Waals surface area contributed by atoms with Gasteiger partial charge in [0.05, 0.1) is 6.54 Å². The summed E-state index contributed by atoms with van der Waals surface area (Å²) < 4.78 is 0. The number of nitrogens with one attached hydrogen (secondary N) is 2. The van der Waals surface area contributed by atoms with Gasteiger partial charge < -0.3 is 15.5 Å². The first-order chi connectivity index (χ1) is 12.6. The molecular weight excluding hydrogens is 326 g/mol. The summed E-state index contributed by atoms with van der Waals surface area (Å²) >= 11 is 0. The predicted molar refractivity (Wildman–Crippen MR) is 106 cm³/mol. The Morgan fingerprint density at radius 1 is 1.08 bits per heavy atom. The first kappa shape index (κ1) is 20.3. The van der Waals surface area contributed by atoms with Crippen LogP contribution < -0.4 is 10.6 Å². The van der Waals surface area contributed by atoms with Gasteiger partial charge in [-0.2, -0.15) is 0 Å². The molecule has 1 aliphatic rings. The van der Waals surface area contributed by atoms with Crippen molar-refractivity contribution in [2.75, 3.05) is 25.0 Å². The van der Waals surface area contributed by atoms with Gasteiger partial charge in [-0.3, -0.25) is 9.59 Å². The van der Waals surface area contributed by atoms with Crippen molar-refractivity contribution in [2.24, 2.45) is 0 Å². The van der Waals surface area contributed by atoms with Crippen molar-refractivity contribution in [1.82, 2.24) is 10.2 Å². The number of amides is 2. The van der Waals surface area contributed by atoms with Crippen LogP contribution in [0.25, 0.3) is 0 Å². The Morgan fingerprint density at radius 3 is 2.42 bits per heavy atom. The highest BCUT2D eigenvalue weighted by Gasteiger charge is 2.16. The van der Waals surface area contributed by atoms with Crippen molar-refractivity contribution in [3.63, 3.8) is 0 Å². The summed E-state index contributed by atoms with van der Waals surface area (Å²) in [6.45, 7) is 5.95. The maximum absolute atomic E-state index is 12.7. The van der Waals surface area contributed by atoms with Crippen LogP contribution in [0, 0.1) is 0 Å². The molecule has 5 heteroatoms. The van der Waals surface area contributed by atoms with E-state index in [1.807, 2.05) is 29.2 Å². The molecule has 1 aliphatic carbocycles. The van der Waals surface area contributed by atoms with Gasteiger partial charge in [0.1, 0.15) is 0 Å². The number of hydrogen-bond acceptors (Lipinski definition) is 3. The van der Waals surface area contributed by atoms with Gasteiger partial charge in [-0.1, -0.05) is 39.2 Å². The van der Waals surface area contributed by atoms with Crippen LogP contribution in [-0.4, -0.2) is 42.4 Å². The topological polar surface area (TPSA) is 61.4 Å². The van der Waals surface area contributed by atoms with E-state index in [4.69, 9.17) is 0 Å². The minimum absolute atomic E-state index is 0.0206. The zero-order valence-electron chi connectivity index (χ0n) is 16.2. The monoisotopic (exact) mass is 359 g/mol. The lowest BCUT2D eigenvalue weighted by molar-refractivity contribution is -0.120. The molecule has 1 aromatic rings. The zero-order chi connectivity index (χ0) is 18.8. The Balaban J connectivity index is 1.89. The van der Waals surface area contributed by atoms with Crippen molar-refractivity contribution >= 4 is 17.5 Å². The summed E-state index contributed by atoms with van der Waals surface area (Å²) in [7, 11) is 0. The van der Waals surface area contributed by atoms with Crippen LogP contribution in [0.5, 0.6) is 0 Å². The third-order valence-electron chi connectivity index (χ3n) is 4.81. The van der Waals surface area contributed by atoms with Crippen LogP contribution in [0.3, 0.4) is 0 Å². The molecule has 144 valence electrons. The molecule has 2 rings (SSSR count). The van der Waals surface area contributed by atoms with E-state index in [0.717, 1.165) is 44.5 Å². The Bertz CT molecular complexity index is 576. The molecule has 0 radical (unpaired) electrons. The summed E-state index contributed by atoms with van der Waals surface area (Å²) in [5, 5.41) is 6.25. The summed E-state index contributed by atoms with van der Waals surface area (Å²) in [5.74, 6) is 0.0798. The van der Waals surface area contributed by atoms with Gasteiger partial charge in [-0.05, 0) is 43.9 Å². The summed E-state index contributed by atoms with van der Waals surface area (Å²) in [6, 6.07) is 7.77. The van der Waals surface area contributed by atoms with E-state index in [9.17, 15) is 9.59 Å². The highest BCUT2D eigenvalue weighted by atomic mass is 16.2. The van der Waals surface area contributed by atoms with Gasteiger partial charge in [-0.15, -0.1) is 0 Å². The largest absolute Gasteiger partial charge is 0.376 e. The van der Waals surface area contributed by atoms with Gasteiger partial charge in [0.15, 0.2) is 0 Å². The third kappa shape index (κ3) is 6.36. The van der Waals surface area contributed by atoms with Gasteiger partial charge in [0.2, 0.25) is 5.91 Å². The van der Waals surface area contributed by atoms with E-state index in [-0.39, 0.29) is 18.4 Å².